The zero-order valence-electron chi connectivity index (χ0n) is 20.7. The SMILES string of the molecule is Cc1cc(Br)ccc1Nc1c(C(=O)NOCC2CC2)cc2c(ncn2CCN2CCN(C)CC2)c1F. The molecule has 3 aromatic rings. The highest BCUT2D eigenvalue weighted by molar-refractivity contribution is 9.10. The molecule has 1 saturated heterocycles. The first-order chi connectivity index (χ1) is 17.4. The highest BCUT2D eigenvalue weighted by Gasteiger charge is 2.25. The number of hydrogen-bond donors (Lipinski definition) is 2. The number of aryl methyl sites for hydroxylation is 1. The molecular formula is C26H32BrFN6O2. The Morgan fingerprint density at radius 3 is 2.69 bits per heavy atom. The van der Waals surface area contributed by atoms with Gasteiger partial charge in [-0.25, -0.2) is 14.9 Å². The molecular weight excluding hydrogens is 527 g/mol. The number of carbonyl (C=O) groups is 1. The van der Waals surface area contributed by atoms with Crippen molar-refractivity contribution < 1.29 is 14.0 Å². The number of carbonyl (C=O) groups excluding carboxylic acids is 1. The van der Waals surface area contributed by atoms with Gasteiger partial charge in [0.25, 0.3) is 5.91 Å². The summed E-state index contributed by atoms with van der Waals surface area (Å²) in [4.78, 5) is 27.7. The van der Waals surface area contributed by atoms with Crippen LogP contribution in [0, 0.1) is 18.7 Å². The average Bonchev–Trinajstić information content (AvgIpc) is 3.59. The Balaban J connectivity index is 1.44. The number of amides is 1. The van der Waals surface area contributed by atoms with Gasteiger partial charge < -0.3 is 14.8 Å². The van der Waals surface area contributed by atoms with Gasteiger partial charge in [0, 0.05) is 49.4 Å². The normalized spacial score (nSPS) is 17.0. The van der Waals surface area contributed by atoms with E-state index in [0.717, 1.165) is 55.6 Å². The molecule has 2 aliphatic rings. The van der Waals surface area contributed by atoms with E-state index in [1.54, 1.807) is 12.4 Å². The van der Waals surface area contributed by atoms with Crippen LogP contribution in [0.15, 0.2) is 35.1 Å². The summed E-state index contributed by atoms with van der Waals surface area (Å²) in [5, 5.41) is 3.14. The topological polar surface area (TPSA) is 74.7 Å². The lowest BCUT2D eigenvalue weighted by Crippen LogP contribution is -2.45. The number of hydroxylamine groups is 1. The lowest BCUT2D eigenvalue weighted by Gasteiger charge is -2.32. The zero-order valence-corrected chi connectivity index (χ0v) is 22.3. The van der Waals surface area contributed by atoms with Crippen molar-refractivity contribution in [3.8, 4) is 0 Å². The summed E-state index contributed by atoms with van der Waals surface area (Å²) >= 11 is 3.46. The van der Waals surface area contributed by atoms with E-state index >= 15 is 4.39 Å². The van der Waals surface area contributed by atoms with E-state index in [4.69, 9.17) is 4.84 Å². The minimum Gasteiger partial charge on any atom is -0.352 e. The van der Waals surface area contributed by atoms with Gasteiger partial charge in [-0.2, -0.15) is 0 Å². The van der Waals surface area contributed by atoms with Crippen molar-refractivity contribution in [1.29, 1.82) is 0 Å². The van der Waals surface area contributed by atoms with Crippen LogP contribution in [0.3, 0.4) is 0 Å². The summed E-state index contributed by atoms with van der Waals surface area (Å²) in [7, 11) is 2.13. The van der Waals surface area contributed by atoms with Crippen LogP contribution in [0.1, 0.15) is 28.8 Å². The number of hydrogen-bond acceptors (Lipinski definition) is 6. The van der Waals surface area contributed by atoms with Crippen LogP contribution < -0.4 is 10.8 Å². The first kappa shape index (κ1) is 25.1. The number of halogens is 2. The maximum absolute atomic E-state index is 15.9. The first-order valence-electron chi connectivity index (χ1n) is 12.4. The lowest BCUT2D eigenvalue weighted by atomic mass is 10.1. The molecule has 2 heterocycles. The van der Waals surface area contributed by atoms with Crippen LogP contribution in [0.4, 0.5) is 15.8 Å². The molecule has 10 heteroatoms. The highest BCUT2D eigenvalue weighted by atomic mass is 79.9. The fraction of sp³-hybridized carbons (Fsp3) is 0.462. The molecule has 2 aromatic carbocycles. The third-order valence-corrected chi connectivity index (χ3v) is 7.48. The van der Waals surface area contributed by atoms with E-state index in [1.165, 1.54) is 0 Å². The molecule has 5 rings (SSSR count). The molecule has 36 heavy (non-hydrogen) atoms. The molecule has 0 bridgehead atoms. The minimum atomic E-state index is -0.555. The van der Waals surface area contributed by atoms with Gasteiger partial charge in [0.1, 0.15) is 5.52 Å². The number of benzene rings is 2. The van der Waals surface area contributed by atoms with Crippen LogP contribution >= 0.6 is 15.9 Å². The van der Waals surface area contributed by atoms with Crippen molar-refractivity contribution in [3.63, 3.8) is 0 Å². The second kappa shape index (κ2) is 10.8. The highest BCUT2D eigenvalue weighted by Crippen LogP contribution is 2.33. The lowest BCUT2D eigenvalue weighted by molar-refractivity contribution is 0.0271. The number of aromatic nitrogens is 2. The van der Waals surface area contributed by atoms with Crippen molar-refractivity contribution in [2.75, 3.05) is 51.7 Å². The molecule has 0 unspecified atom stereocenters. The standard InChI is InChI=1S/C26H32BrFN6O2/c1-17-13-19(27)5-6-21(17)30-24-20(26(35)31-36-15-18-3-4-18)14-22-25(23(24)28)29-16-34(22)12-11-33-9-7-32(2)8-10-33/h5-6,13-14,16,18,30H,3-4,7-12,15H2,1-2H3,(H,31,35). The van der Waals surface area contributed by atoms with E-state index in [9.17, 15) is 4.79 Å². The summed E-state index contributed by atoms with van der Waals surface area (Å²) in [6.07, 6.45) is 3.88. The third kappa shape index (κ3) is 5.72. The largest absolute Gasteiger partial charge is 0.352 e. The van der Waals surface area contributed by atoms with Gasteiger partial charge in [0.2, 0.25) is 0 Å². The Hall–Kier alpha value is -2.53. The van der Waals surface area contributed by atoms with E-state index in [-0.39, 0.29) is 16.8 Å². The van der Waals surface area contributed by atoms with Crippen molar-refractivity contribution in [3.05, 3.63) is 52.0 Å². The molecule has 192 valence electrons. The molecule has 1 saturated carbocycles. The van der Waals surface area contributed by atoms with Crippen molar-refractivity contribution in [2.45, 2.75) is 26.3 Å². The average molecular weight is 559 g/mol. The summed E-state index contributed by atoms with van der Waals surface area (Å²) in [5.74, 6) is -0.551. The molecule has 8 nitrogen and oxygen atoms in total. The molecule has 1 aromatic heterocycles. The number of anilines is 2. The van der Waals surface area contributed by atoms with E-state index in [1.807, 2.05) is 29.7 Å². The second-order valence-electron chi connectivity index (χ2n) is 9.83. The maximum atomic E-state index is 15.9. The van der Waals surface area contributed by atoms with Gasteiger partial charge in [-0.1, -0.05) is 15.9 Å². The van der Waals surface area contributed by atoms with Crippen LogP contribution in [0.25, 0.3) is 11.0 Å². The van der Waals surface area contributed by atoms with E-state index < -0.39 is 11.7 Å². The van der Waals surface area contributed by atoms with Crippen molar-refractivity contribution >= 4 is 44.2 Å². The van der Waals surface area contributed by atoms with Crippen molar-refractivity contribution in [2.24, 2.45) is 5.92 Å². The molecule has 0 atom stereocenters. The summed E-state index contributed by atoms with van der Waals surface area (Å²) in [6, 6.07) is 7.37. The molecule has 1 aliphatic heterocycles. The summed E-state index contributed by atoms with van der Waals surface area (Å²) in [5.41, 5.74) is 5.23. The Morgan fingerprint density at radius 1 is 1.19 bits per heavy atom. The number of imidazole rings is 1. The van der Waals surface area contributed by atoms with Crippen molar-refractivity contribution in [1.82, 2.24) is 24.8 Å². The number of fused-ring (bicyclic) bond motifs is 1. The van der Waals surface area contributed by atoms with Crippen LogP contribution in [-0.2, 0) is 11.4 Å². The van der Waals surface area contributed by atoms with Gasteiger partial charge in [-0.05, 0) is 62.6 Å². The van der Waals surface area contributed by atoms with Crippen LogP contribution in [-0.4, -0.2) is 71.6 Å². The predicted molar refractivity (Wildman–Crippen MR) is 142 cm³/mol. The maximum Gasteiger partial charge on any atom is 0.277 e. The monoisotopic (exact) mass is 558 g/mol. The molecule has 0 radical (unpaired) electrons. The Morgan fingerprint density at radius 2 is 1.97 bits per heavy atom. The number of nitrogens with one attached hydrogen (secondary N) is 2. The van der Waals surface area contributed by atoms with Gasteiger partial charge in [0.15, 0.2) is 5.82 Å². The zero-order chi connectivity index (χ0) is 25.2. The number of likely N-dealkylation sites (N-methyl/N-ethyl adjacent to an activating group) is 1. The first-order valence-corrected chi connectivity index (χ1v) is 13.2. The van der Waals surface area contributed by atoms with Crippen LogP contribution in [0.2, 0.25) is 0 Å². The molecule has 1 aliphatic carbocycles. The number of piperazine rings is 1. The number of rotatable bonds is 9. The Labute approximate surface area is 218 Å². The van der Waals surface area contributed by atoms with Crippen LogP contribution in [0.5, 0.6) is 0 Å². The predicted octanol–water partition coefficient (Wildman–Crippen LogP) is 4.31. The van der Waals surface area contributed by atoms with Gasteiger partial charge >= 0.3 is 0 Å². The molecule has 1 amide bonds. The molecule has 0 spiro atoms. The van der Waals surface area contributed by atoms with Gasteiger partial charge in [-0.3, -0.25) is 14.5 Å². The fourth-order valence-electron chi connectivity index (χ4n) is 4.42. The Bertz CT molecular complexity index is 1250. The smallest absolute Gasteiger partial charge is 0.277 e. The van der Waals surface area contributed by atoms with Gasteiger partial charge in [-0.15, -0.1) is 0 Å². The van der Waals surface area contributed by atoms with E-state index in [0.29, 0.717) is 30.3 Å². The minimum absolute atomic E-state index is 0.0877. The quantitative estimate of drug-likeness (QED) is 0.381. The van der Waals surface area contributed by atoms with E-state index in [2.05, 4.69) is 48.6 Å². The second-order valence-corrected chi connectivity index (χ2v) is 10.7. The summed E-state index contributed by atoms with van der Waals surface area (Å²) < 4.78 is 18.8. The number of nitrogens with zero attached hydrogens (tertiary/aromatic N) is 4. The third-order valence-electron chi connectivity index (χ3n) is 6.98. The molecule has 2 N–H and O–H groups in total. The van der Waals surface area contributed by atoms with Gasteiger partial charge in [0.05, 0.1) is 29.7 Å². The fourth-order valence-corrected chi connectivity index (χ4v) is 4.90. The molecule has 2 fully saturated rings. The summed E-state index contributed by atoms with van der Waals surface area (Å²) in [6.45, 7) is 7.98. The Kier molecular flexibility index (Phi) is 7.57.